The van der Waals surface area contributed by atoms with E-state index in [-0.39, 0.29) is 6.54 Å². The molecule has 1 aromatic carbocycles. The molecule has 2 aromatic rings. The van der Waals surface area contributed by atoms with E-state index >= 15 is 0 Å². The number of alkyl halides is 3. The van der Waals surface area contributed by atoms with Crippen LogP contribution in [-0.2, 0) is 19.3 Å². The average Bonchev–Trinajstić information content (AvgIpc) is 2.80. The second-order valence-corrected chi connectivity index (χ2v) is 4.88. The monoisotopic (exact) mass is 333 g/mol. The van der Waals surface area contributed by atoms with E-state index in [9.17, 15) is 13.2 Å². The molecule has 0 spiro atoms. The molecule has 0 unspecified atom stereocenters. The van der Waals surface area contributed by atoms with Crippen molar-refractivity contribution in [3.05, 3.63) is 51.8 Å². The third kappa shape index (κ3) is 3.36. The molecule has 102 valence electrons. The van der Waals surface area contributed by atoms with Gasteiger partial charge in [-0.1, -0.05) is 28.1 Å². The molecule has 0 fully saturated rings. The number of nitrogens with zero attached hydrogens (tertiary/aromatic N) is 2. The highest BCUT2D eigenvalue weighted by molar-refractivity contribution is 9.10. The van der Waals surface area contributed by atoms with Gasteiger partial charge in [0.25, 0.3) is 0 Å². The SMILES string of the molecule is NCc1ccc(Cn2ccc(C(F)(F)F)n2)c(Br)c1. The van der Waals surface area contributed by atoms with Gasteiger partial charge in [-0.2, -0.15) is 18.3 Å². The molecule has 0 atom stereocenters. The predicted octanol–water partition coefficient (Wildman–Crippen LogP) is 3.17. The highest BCUT2D eigenvalue weighted by Crippen LogP contribution is 2.27. The van der Waals surface area contributed by atoms with Crippen LogP contribution in [0.5, 0.6) is 0 Å². The van der Waals surface area contributed by atoms with Crippen LogP contribution in [0.15, 0.2) is 34.9 Å². The minimum atomic E-state index is -4.41. The molecule has 0 amide bonds. The minimum Gasteiger partial charge on any atom is -0.326 e. The van der Waals surface area contributed by atoms with Crippen molar-refractivity contribution >= 4 is 15.9 Å². The molecule has 0 saturated carbocycles. The summed E-state index contributed by atoms with van der Waals surface area (Å²) in [7, 11) is 0. The largest absolute Gasteiger partial charge is 0.435 e. The minimum absolute atomic E-state index is 0.265. The lowest BCUT2D eigenvalue weighted by Crippen LogP contribution is -2.08. The Kier molecular flexibility index (Phi) is 3.96. The zero-order valence-corrected chi connectivity index (χ0v) is 11.4. The molecule has 3 nitrogen and oxygen atoms in total. The molecule has 1 aromatic heterocycles. The van der Waals surface area contributed by atoms with E-state index in [1.54, 1.807) is 0 Å². The Bertz CT molecular complexity index is 578. The van der Waals surface area contributed by atoms with Gasteiger partial charge in [-0.15, -0.1) is 0 Å². The third-order valence-electron chi connectivity index (χ3n) is 2.62. The van der Waals surface area contributed by atoms with Crippen molar-refractivity contribution in [1.29, 1.82) is 0 Å². The molecule has 0 aliphatic heterocycles. The van der Waals surface area contributed by atoms with Crippen molar-refractivity contribution in [1.82, 2.24) is 9.78 Å². The van der Waals surface area contributed by atoms with Gasteiger partial charge in [0.15, 0.2) is 5.69 Å². The molecular weight excluding hydrogens is 323 g/mol. The van der Waals surface area contributed by atoms with Crippen molar-refractivity contribution in [2.24, 2.45) is 5.73 Å². The lowest BCUT2D eigenvalue weighted by atomic mass is 10.1. The third-order valence-corrected chi connectivity index (χ3v) is 3.35. The molecule has 7 heteroatoms. The van der Waals surface area contributed by atoms with Crippen molar-refractivity contribution in [3.8, 4) is 0 Å². The molecule has 1 heterocycles. The molecule has 0 aliphatic rings. The summed E-state index contributed by atoms with van der Waals surface area (Å²) < 4.78 is 39.3. The van der Waals surface area contributed by atoms with Gasteiger partial charge in [0.1, 0.15) is 0 Å². The number of hydrogen-bond donors (Lipinski definition) is 1. The van der Waals surface area contributed by atoms with Crippen LogP contribution in [0.2, 0.25) is 0 Å². The smallest absolute Gasteiger partial charge is 0.326 e. The van der Waals surface area contributed by atoms with Crippen LogP contribution < -0.4 is 5.73 Å². The maximum Gasteiger partial charge on any atom is 0.435 e. The van der Waals surface area contributed by atoms with Crippen LogP contribution in [0.3, 0.4) is 0 Å². The van der Waals surface area contributed by atoms with Gasteiger partial charge >= 0.3 is 6.18 Å². The number of aromatic nitrogens is 2. The average molecular weight is 334 g/mol. The molecule has 0 aliphatic carbocycles. The molecular formula is C12H11BrF3N3. The standard InChI is InChI=1S/C12H11BrF3N3/c13-10-5-8(6-17)1-2-9(10)7-19-4-3-11(18-19)12(14,15)16/h1-5H,6-7,17H2. The van der Waals surface area contributed by atoms with Crippen molar-refractivity contribution < 1.29 is 13.2 Å². The summed E-state index contributed by atoms with van der Waals surface area (Å²) >= 11 is 3.37. The zero-order valence-electron chi connectivity index (χ0n) is 9.78. The number of halogens is 4. The fraction of sp³-hybridized carbons (Fsp3) is 0.250. The molecule has 2 N–H and O–H groups in total. The molecule has 0 bridgehead atoms. The second kappa shape index (κ2) is 5.34. The normalized spacial score (nSPS) is 11.8. The maximum atomic E-state index is 12.4. The fourth-order valence-corrected chi connectivity index (χ4v) is 2.17. The molecule has 19 heavy (non-hydrogen) atoms. The highest BCUT2D eigenvalue weighted by atomic mass is 79.9. The Morgan fingerprint density at radius 2 is 2.00 bits per heavy atom. The van der Waals surface area contributed by atoms with Gasteiger partial charge in [-0.3, -0.25) is 4.68 Å². The lowest BCUT2D eigenvalue weighted by molar-refractivity contribution is -0.141. The van der Waals surface area contributed by atoms with E-state index < -0.39 is 11.9 Å². The van der Waals surface area contributed by atoms with E-state index in [1.807, 2.05) is 18.2 Å². The second-order valence-electron chi connectivity index (χ2n) is 4.03. The van der Waals surface area contributed by atoms with Crippen molar-refractivity contribution in [2.75, 3.05) is 0 Å². The van der Waals surface area contributed by atoms with E-state index in [0.717, 1.165) is 21.7 Å². The number of nitrogens with two attached hydrogens (primary N) is 1. The Labute approximate surface area is 116 Å². The summed E-state index contributed by atoms with van der Waals surface area (Å²) in [6, 6.07) is 6.47. The Hall–Kier alpha value is -1.34. The topological polar surface area (TPSA) is 43.8 Å². The van der Waals surface area contributed by atoms with Crippen LogP contribution in [0.1, 0.15) is 16.8 Å². The van der Waals surface area contributed by atoms with E-state index in [1.165, 1.54) is 10.9 Å². The van der Waals surface area contributed by atoms with Crippen LogP contribution in [0, 0.1) is 0 Å². The van der Waals surface area contributed by atoms with Gasteiger partial charge in [-0.25, -0.2) is 0 Å². The van der Waals surface area contributed by atoms with Gasteiger partial charge < -0.3 is 5.73 Å². The fourth-order valence-electron chi connectivity index (χ4n) is 1.62. The first-order chi connectivity index (χ1) is 8.90. The molecule has 2 rings (SSSR count). The van der Waals surface area contributed by atoms with Gasteiger partial charge in [0.05, 0.1) is 6.54 Å². The first kappa shape index (κ1) is 14.1. The summed E-state index contributed by atoms with van der Waals surface area (Å²) in [4.78, 5) is 0. The van der Waals surface area contributed by atoms with E-state index in [4.69, 9.17) is 5.73 Å². The number of rotatable bonds is 3. The summed E-state index contributed by atoms with van der Waals surface area (Å²) in [6.07, 6.45) is -3.10. The van der Waals surface area contributed by atoms with Gasteiger partial charge in [0.2, 0.25) is 0 Å². The first-order valence-electron chi connectivity index (χ1n) is 5.48. The lowest BCUT2D eigenvalue weighted by Gasteiger charge is -2.07. The van der Waals surface area contributed by atoms with Crippen molar-refractivity contribution in [2.45, 2.75) is 19.3 Å². The summed E-state index contributed by atoms with van der Waals surface area (Å²) in [5, 5.41) is 3.51. The molecule has 0 saturated heterocycles. The van der Waals surface area contributed by atoms with Crippen LogP contribution >= 0.6 is 15.9 Å². The Morgan fingerprint density at radius 3 is 2.53 bits per heavy atom. The molecule has 0 radical (unpaired) electrons. The van der Waals surface area contributed by atoms with Gasteiger partial charge in [-0.05, 0) is 23.3 Å². The van der Waals surface area contributed by atoms with Gasteiger partial charge in [0, 0.05) is 17.2 Å². The first-order valence-corrected chi connectivity index (χ1v) is 6.27. The maximum absolute atomic E-state index is 12.4. The van der Waals surface area contributed by atoms with E-state index in [0.29, 0.717) is 6.54 Å². The summed E-state index contributed by atoms with van der Waals surface area (Å²) in [5.41, 5.74) is 6.41. The number of hydrogen-bond acceptors (Lipinski definition) is 2. The Balaban J connectivity index is 2.20. The van der Waals surface area contributed by atoms with Crippen LogP contribution in [-0.4, -0.2) is 9.78 Å². The summed E-state index contributed by atoms with van der Waals surface area (Å²) in [5.74, 6) is 0. The van der Waals surface area contributed by atoms with E-state index in [2.05, 4.69) is 21.0 Å². The highest BCUT2D eigenvalue weighted by Gasteiger charge is 2.33. The van der Waals surface area contributed by atoms with Crippen LogP contribution in [0.4, 0.5) is 13.2 Å². The quantitative estimate of drug-likeness (QED) is 0.937. The summed E-state index contributed by atoms with van der Waals surface area (Å²) in [6.45, 7) is 0.681. The van der Waals surface area contributed by atoms with Crippen molar-refractivity contribution in [3.63, 3.8) is 0 Å². The Morgan fingerprint density at radius 1 is 1.26 bits per heavy atom. The van der Waals surface area contributed by atoms with Crippen LogP contribution in [0.25, 0.3) is 0 Å². The number of benzene rings is 1. The zero-order chi connectivity index (χ0) is 14.0. The predicted molar refractivity (Wildman–Crippen MR) is 68.4 cm³/mol.